The van der Waals surface area contributed by atoms with Crippen LogP contribution < -0.4 is 5.32 Å². The van der Waals surface area contributed by atoms with Crippen molar-refractivity contribution >= 4 is 6.09 Å². The van der Waals surface area contributed by atoms with Crippen LogP contribution in [0.2, 0.25) is 0 Å². The fourth-order valence-electron chi connectivity index (χ4n) is 2.84. The van der Waals surface area contributed by atoms with E-state index in [1.165, 1.54) is 12.1 Å². The maximum absolute atomic E-state index is 13.2. The van der Waals surface area contributed by atoms with Crippen molar-refractivity contribution in [3.8, 4) is 0 Å². The summed E-state index contributed by atoms with van der Waals surface area (Å²) >= 11 is 0. The Morgan fingerprint density at radius 3 is 2.81 bits per heavy atom. The topological polar surface area (TPSA) is 50.8 Å². The number of carbonyl (C=O) groups excluding carboxylic acids is 1. The largest absolute Gasteiger partial charge is 0.445 e. The maximum Gasteiger partial charge on any atom is 0.410 e. The lowest BCUT2D eigenvalue weighted by atomic mass is 10.2. The Morgan fingerprint density at radius 1 is 1.19 bits per heavy atom. The van der Waals surface area contributed by atoms with Crippen molar-refractivity contribution in [3.05, 3.63) is 71.5 Å². The van der Waals surface area contributed by atoms with E-state index < -0.39 is 0 Å². The Hall–Kier alpha value is -2.44. The fourth-order valence-corrected chi connectivity index (χ4v) is 2.84. The van der Waals surface area contributed by atoms with Gasteiger partial charge in [0.25, 0.3) is 0 Å². The summed E-state index contributed by atoms with van der Waals surface area (Å²) in [5.74, 6) is -0.245. The molecule has 1 amide bonds. The predicted octanol–water partition coefficient (Wildman–Crippen LogP) is 2.95. The Balaban J connectivity index is 1.41. The number of benzene rings is 2. The van der Waals surface area contributed by atoms with Crippen LogP contribution in [0, 0.1) is 5.82 Å². The lowest BCUT2D eigenvalue weighted by Gasteiger charge is -2.32. The van der Waals surface area contributed by atoms with Crippen molar-refractivity contribution in [3.63, 3.8) is 0 Å². The second kappa shape index (κ2) is 9.31. The van der Waals surface area contributed by atoms with E-state index in [0.717, 1.165) is 11.1 Å². The van der Waals surface area contributed by atoms with Gasteiger partial charge >= 0.3 is 6.09 Å². The van der Waals surface area contributed by atoms with E-state index in [9.17, 15) is 9.18 Å². The Kier molecular flexibility index (Phi) is 6.57. The Morgan fingerprint density at radius 2 is 2.00 bits per heavy atom. The summed E-state index contributed by atoms with van der Waals surface area (Å²) in [6, 6.07) is 16.1. The van der Waals surface area contributed by atoms with E-state index in [1.807, 2.05) is 36.4 Å². The van der Waals surface area contributed by atoms with Gasteiger partial charge in [0.2, 0.25) is 0 Å². The van der Waals surface area contributed by atoms with E-state index in [4.69, 9.17) is 9.47 Å². The van der Waals surface area contributed by atoms with E-state index in [-0.39, 0.29) is 24.6 Å². The molecule has 0 radical (unpaired) electrons. The van der Waals surface area contributed by atoms with E-state index in [2.05, 4.69) is 5.32 Å². The van der Waals surface area contributed by atoms with E-state index >= 15 is 0 Å². The van der Waals surface area contributed by atoms with Crippen LogP contribution in [0.1, 0.15) is 11.1 Å². The molecule has 1 fully saturated rings. The molecule has 1 heterocycles. The second-order valence-corrected chi connectivity index (χ2v) is 6.24. The smallest absolute Gasteiger partial charge is 0.410 e. The molecule has 3 rings (SSSR count). The number of nitrogens with zero attached hydrogens (tertiary/aromatic N) is 1. The monoisotopic (exact) mass is 358 g/mol. The van der Waals surface area contributed by atoms with Crippen molar-refractivity contribution in [2.24, 2.45) is 0 Å². The molecule has 1 N–H and O–H groups in total. The number of morpholine rings is 1. The SMILES string of the molecule is O=C(OCc1ccccc1)N1CCOC(CNCc2cccc(F)c2)C1. The molecule has 0 aromatic heterocycles. The predicted molar refractivity (Wildman–Crippen MR) is 96.0 cm³/mol. The summed E-state index contributed by atoms with van der Waals surface area (Å²) in [7, 11) is 0. The van der Waals surface area contributed by atoms with Gasteiger partial charge in [-0.3, -0.25) is 0 Å². The zero-order chi connectivity index (χ0) is 18.2. The minimum atomic E-state index is -0.327. The van der Waals surface area contributed by atoms with Crippen LogP contribution in [0.3, 0.4) is 0 Å². The molecule has 2 aromatic carbocycles. The van der Waals surface area contributed by atoms with Crippen LogP contribution in [0.4, 0.5) is 9.18 Å². The van der Waals surface area contributed by atoms with Crippen molar-refractivity contribution in [1.29, 1.82) is 0 Å². The number of halogens is 1. The first-order chi connectivity index (χ1) is 12.7. The number of rotatable bonds is 6. The summed E-state index contributed by atoms with van der Waals surface area (Å²) < 4.78 is 24.2. The van der Waals surface area contributed by atoms with Gasteiger partial charge in [-0.15, -0.1) is 0 Å². The molecular weight excluding hydrogens is 335 g/mol. The third-order valence-electron chi connectivity index (χ3n) is 4.19. The summed E-state index contributed by atoms with van der Waals surface area (Å²) in [5.41, 5.74) is 1.84. The first-order valence-corrected chi connectivity index (χ1v) is 8.73. The quantitative estimate of drug-likeness (QED) is 0.863. The lowest BCUT2D eigenvalue weighted by molar-refractivity contribution is -0.0271. The number of hydrogen-bond donors (Lipinski definition) is 1. The molecule has 6 heteroatoms. The summed E-state index contributed by atoms with van der Waals surface area (Å²) in [5, 5.41) is 3.25. The molecule has 1 unspecified atom stereocenters. The maximum atomic E-state index is 13.2. The van der Waals surface area contributed by atoms with Crippen LogP contribution in [0.25, 0.3) is 0 Å². The molecule has 26 heavy (non-hydrogen) atoms. The number of amides is 1. The molecule has 1 saturated heterocycles. The summed E-state index contributed by atoms with van der Waals surface area (Å²) in [6.07, 6.45) is -0.436. The molecule has 138 valence electrons. The van der Waals surface area contributed by atoms with Gasteiger partial charge in [-0.05, 0) is 23.3 Å². The molecule has 1 atom stereocenters. The van der Waals surface area contributed by atoms with Gasteiger partial charge in [-0.2, -0.15) is 0 Å². The number of hydrogen-bond acceptors (Lipinski definition) is 4. The number of nitrogens with one attached hydrogen (secondary N) is 1. The van der Waals surface area contributed by atoms with Gasteiger partial charge in [-0.1, -0.05) is 42.5 Å². The molecule has 1 aliphatic heterocycles. The first kappa shape index (κ1) is 18.4. The molecular formula is C20H23FN2O3. The molecule has 5 nitrogen and oxygen atoms in total. The first-order valence-electron chi connectivity index (χ1n) is 8.73. The summed E-state index contributed by atoms with van der Waals surface area (Å²) in [6.45, 7) is 2.87. The normalized spacial score (nSPS) is 17.1. The molecule has 2 aromatic rings. The molecule has 1 aliphatic rings. The highest BCUT2D eigenvalue weighted by Crippen LogP contribution is 2.09. The fraction of sp³-hybridized carbons (Fsp3) is 0.350. The van der Waals surface area contributed by atoms with Gasteiger partial charge in [-0.25, -0.2) is 9.18 Å². The van der Waals surface area contributed by atoms with Gasteiger partial charge < -0.3 is 19.7 Å². The van der Waals surface area contributed by atoms with Crippen molar-refractivity contribution in [1.82, 2.24) is 10.2 Å². The van der Waals surface area contributed by atoms with Gasteiger partial charge in [0.05, 0.1) is 19.3 Å². The average molecular weight is 358 g/mol. The lowest BCUT2D eigenvalue weighted by Crippen LogP contribution is -2.49. The number of carbonyl (C=O) groups is 1. The van der Waals surface area contributed by atoms with E-state index in [0.29, 0.717) is 32.8 Å². The molecule has 0 saturated carbocycles. The standard InChI is InChI=1S/C20H23FN2O3/c21-18-8-4-7-17(11-18)12-22-13-19-14-23(9-10-25-19)20(24)26-15-16-5-2-1-3-6-16/h1-8,11,19,22H,9-10,12-15H2. The van der Waals surface area contributed by atoms with E-state index in [1.54, 1.807) is 11.0 Å². The van der Waals surface area contributed by atoms with Gasteiger partial charge in [0, 0.05) is 19.6 Å². The Bertz CT molecular complexity index is 711. The van der Waals surface area contributed by atoms with Crippen LogP contribution in [0.5, 0.6) is 0 Å². The zero-order valence-electron chi connectivity index (χ0n) is 14.6. The number of ether oxygens (including phenoxy) is 2. The molecule has 0 aliphatic carbocycles. The van der Waals surface area contributed by atoms with Crippen LogP contribution in [-0.4, -0.2) is 43.3 Å². The van der Waals surface area contributed by atoms with Crippen LogP contribution in [-0.2, 0) is 22.6 Å². The van der Waals surface area contributed by atoms with Crippen molar-refractivity contribution in [2.45, 2.75) is 19.3 Å². The van der Waals surface area contributed by atoms with Crippen molar-refractivity contribution in [2.75, 3.05) is 26.2 Å². The Labute approximate surface area is 152 Å². The van der Waals surface area contributed by atoms with Crippen LogP contribution >= 0.6 is 0 Å². The van der Waals surface area contributed by atoms with Crippen LogP contribution in [0.15, 0.2) is 54.6 Å². The highest BCUT2D eigenvalue weighted by molar-refractivity contribution is 5.67. The summed E-state index contributed by atoms with van der Waals surface area (Å²) in [4.78, 5) is 13.9. The second-order valence-electron chi connectivity index (χ2n) is 6.24. The minimum Gasteiger partial charge on any atom is -0.445 e. The molecule has 0 bridgehead atoms. The zero-order valence-corrected chi connectivity index (χ0v) is 14.6. The molecule has 0 spiro atoms. The van der Waals surface area contributed by atoms with Crippen molar-refractivity contribution < 1.29 is 18.7 Å². The van der Waals surface area contributed by atoms with Gasteiger partial charge in [0.15, 0.2) is 0 Å². The third kappa shape index (κ3) is 5.54. The van der Waals surface area contributed by atoms with Gasteiger partial charge in [0.1, 0.15) is 12.4 Å². The highest BCUT2D eigenvalue weighted by atomic mass is 19.1. The minimum absolute atomic E-state index is 0.110. The highest BCUT2D eigenvalue weighted by Gasteiger charge is 2.25. The average Bonchev–Trinajstić information content (AvgIpc) is 2.67. The third-order valence-corrected chi connectivity index (χ3v) is 4.19.